The molecule has 0 aliphatic rings. The third-order valence-electron chi connectivity index (χ3n) is 3.08. The minimum atomic E-state index is -3.55. The van der Waals surface area contributed by atoms with Crippen molar-refractivity contribution in [1.82, 2.24) is 9.71 Å². The van der Waals surface area contributed by atoms with E-state index in [0.29, 0.717) is 5.69 Å². The third kappa shape index (κ3) is 3.17. The molecule has 0 aliphatic heterocycles. The van der Waals surface area contributed by atoms with Gasteiger partial charge in [0.2, 0.25) is 10.0 Å². The standard InChI is InChI=1S/C13H17N3O2S2/c1-3-10-4-5-11(6-12(10)14)20(17,18)16-7-13-9(2)15-8-19-13/h4-6,8,16H,3,7,14H2,1-2H3. The first-order valence-electron chi connectivity index (χ1n) is 6.21. The van der Waals surface area contributed by atoms with Crippen molar-refractivity contribution in [3.8, 4) is 0 Å². The third-order valence-corrected chi connectivity index (χ3v) is 5.41. The molecule has 2 rings (SSSR count). The molecule has 1 aromatic carbocycles. The molecule has 2 aromatic rings. The second-order valence-electron chi connectivity index (χ2n) is 4.40. The molecule has 0 saturated carbocycles. The van der Waals surface area contributed by atoms with Gasteiger partial charge in [-0.1, -0.05) is 13.0 Å². The minimum Gasteiger partial charge on any atom is -0.398 e. The first kappa shape index (κ1) is 15.0. The summed E-state index contributed by atoms with van der Waals surface area (Å²) < 4.78 is 27.0. The molecule has 20 heavy (non-hydrogen) atoms. The maximum Gasteiger partial charge on any atom is 0.240 e. The van der Waals surface area contributed by atoms with E-state index in [-0.39, 0.29) is 11.4 Å². The minimum absolute atomic E-state index is 0.189. The molecule has 7 heteroatoms. The van der Waals surface area contributed by atoms with Crippen LogP contribution in [-0.2, 0) is 23.0 Å². The Bertz CT molecular complexity index is 708. The summed E-state index contributed by atoms with van der Waals surface area (Å²) in [6.07, 6.45) is 0.777. The van der Waals surface area contributed by atoms with Gasteiger partial charge >= 0.3 is 0 Å². The van der Waals surface area contributed by atoms with Gasteiger partial charge in [-0.2, -0.15) is 0 Å². The zero-order chi connectivity index (χ0) is 14.8. The van der Waals surface area contributed by atoms with Crippen molar-refractivity contribution < 1.29 is 8.42 Å². The first-order chi connectivity index (χ1) is 9.44. The Balaban J connectivity index is 2.18. The summed E-state index contributed by atoms with van der Waals surface area (Å²) in [5, 5.41) is 0. The average molecular weight is 311 g/mol. The van der Waals surface area contributed by atoms with Crippen LogP contribution in [-0.4, -0.2) is 13.4 Å². The lowest BCUT2D eigenvalue weighted by atomic mass is 10.1. The van der Waals surface area contributed by atoms with E-state index in [1.54, 1.807) is 17.6 Å². The fraction of sp³-hybridized carbons (Fsp3) is 0.308. The van der Waals surface area contributed by atoms with Crippen LogP contribution in [0.2, 0.25) is 0 Å². The maximum absolute atomic E-state index is 12.2. The van der Waals surface area contributed by atoms with Gasteiger partial charge in [0.1, 0.15) is 0 Å². The van der Waals surface area contributed by atoms with Crippen LogP contribution in [0.3, 0.4) is 0 Å². The maximum atomic E-state index is 12.2. The normalized spacial score (nSPS) is 11.7. The summed E-state index contributed by atoms with van der Waals surface area (Å²) in [5.74, 6) is 0. The van der Waals surface area contributed by atoms with Crippen molar-refractivity contribution in [3.05, 3.63) is 39.8 Å². The van der Waals surface area contributed by atoms with Gasteiger partial charge in [-0.25, -0.2) is 18.1 Å². The summed E-state index contributed by atoms with van der Waals surface area (Å²) in [5.41, 5.74) is 9.84. The fourth-order valence-electron chi connectivity index (χ4n) is 1.80. The lowest BCUT2D eigenvalue weighted by Gasteiger charge is -2.09. The van der Waals surface area contributed by atoms with Crippen LogP contribution in [0, 0.1) is 6.92 Å². The van der Waals surface area contributed by atoms with E-state index in [4.69, 9.17) is 5.73 Å². The molecule has 5 nitrogen and oxygen atoms in total. The second-order valence-corrected chi connectivity index (χ2v) is 7.11. The Labute approximate surface area is 122 Å². The topological polar surface area (TPSA) is 85.1 Å². The highest BCUT2D eigenvalue weighted by atomic mass is 32.2. The Morgan fingerprint density at radius 2 is 2.15 bits per heavy atom. The average Bonchev–Trinajstić information content (AvgIpc) is 2.82. The second kappa shape index (κ2) is 5.90. The molecular weight excluding hydrogens is 294 g/mol. The van der Waals surface area contributed by atoms with Crippen molar-refractivity contribution >= 4 is 27.0 Å². The van der Waals surface area contributed by atoms with E-state index in [9.17, 15) is 8.42 Å². The molecule has 0 radical (unpaired) electrons. The highest BCUT2D eigenvalue weighted by Crippen LogP contribution is 2.19. The summed E-state index contributed by atoms with van der Waals surface area (Å²) in [6, 6.07) is 4.83. The van der Waals surface area contributed by atoms with Crippen LogP contribution in [0.1, 0.15) is 23.1 Å². The Morgan fingerprint density at radius 1 is 1.40 bits per heavy atom. The SMILES string of the molecule is CCc1ccc(S(=O)(=O)NCc2scnc2C)cc1N. The van der Waals surface area contributed by atoms with E-state index in [1.165, 1.54) is 17.4 Å². The number of aryl methyl sites for hydroxylation is 2. The number of nitrogens with zero attached hydrogens (tertiary/aromatic N) is 1. The van der Waals surface area contributed by atoms with Gasteiger partial charge in [0, 0.05) is 17.1 Å². The fourth-order valence-corrected chi connectivity index (χ4v) is 3.64. The number of rotatable bonds is 5. The van der Waals surface area contributed by atoms with Crippen LogP contribution in [0.4, 0.5) is 5.69 Å². The number of nitrogens with one attached hydrogen (secondary N) is 1. The predicted molar refractivity (Wildman–Crippen MR) is 81.1 cm³/mol. The molecule has 0 unspecified atom stereocenters. The first-order valence-corrected chi connectivity index (χ1v) is 8.57. The molecule has 0 amide bonds. The van der Waals surface area contributed by atoms with Gasteiger partial charge in [0.05, 0.1) is 16.1 Å². The molecule has 0 fully saturated rings. The van der Waals surface area contributed by atoms with Crippen molar-refractivity contribution in [2.75, 3.05) is 5.73 Å². The molecule has 0 bridgehead atoms. The summed E-state index contributed by atoms with van der Waals surface area (Å²) >= 11 is 1.43. The number of sulfonamides is 1. The van der Waals surface area contributed by atoms with E-state index >= 15 is 0 Å². The van der Waals surface area contributed by atoms with Gasteiger partial charge in [0.15, 0.2) is 0 Å². The van der Waals surface area contributed by atoms with Crippen LogP contribution in [0.25, 0.3) is 0 Å². The molecule has 108 valence electrons. The molecule has 0 aliphatic carbocycles. The van der Waals surface area contributed by atoms with Crippen LogP contribution in [0.15, 0.2) is 28.6 Å². The van der Waals surface area contributed by atoms with Crippen LogP contribution >= 0.6 is 11.3 Å². The zero-order valence-electron chi connectivity index (χ0n) is 11.4. The zero-order valence-corrected chi connectivity index (χ0v) is 13.0. The molecular formula is C13H17N3O2S2. The lowest BCUT2D eigenvalue weighted by Crippen LogP contribution is -2.23. The largest absolute Gasteiger partial charge is 0.398 e. The number of hydrogen-bond acceptors (Lipinski definition) is 5. The van der Waals surface area contributed by atoms with Crippen molar-refractivity contribution in [2.45, 2.75) is 31.7 Å². The molecule has 0 atom stereocenters. The number of hydrogen-bond donors (Lipinski definition) is 2. The molecule has 1 heterocycles. The Morgan fingerprint density at radius 3 is 2.70 bits per heavy atom. The van der Waals surface area contributed by atoms with Gasteiger partial charge in [0.25, 0.3) is 0 Å². The predicted octanol–water partition coefficient (Wildman–Crippen LogP) is 2.07. The summed E-state index contributed by atoms with van der Waals surface area (Å²) in [7, 11) is -3.55. The molecule has 3 N–H and O–H groups in total. The van der Waals surface area contributed by atoms with E-state index in [1.807, 2.05) is 13.8 Å². The molecule has 0 saturated heterocycles. The molecule has 1 aromatic heterocycles. The highest BCUT2D eigenvalue weighted by molar-refractivity contribution is 7.89. The van der Waals surface area contributed by atoms with E-state index < -0.39 is 10.0 Å². The monoisotopic (exact) mass is 311 g/mol. The number of anilines is 1. The van der Waals surface area contributed by atoms with E-state index in [0.717, 1.165) is 22.6 Å². The number of thiazole rings is 1. The number of nitrogens with two attached hydrogens (primary N) is 1. The van der Waals surface area contributed by atoms with Gasteiger partial charge in [-0.3, -0.25) is 0 Å². The molecule has 0 spiro atoms. The lowest BCUT2D eigenvalue weighted by molar-refractivity contribution is 0.581. The van der Waals surface area contributed by atoms with Crippen LogP contribution in [0.5, 0.6) is 0 Å². The van der Waals surface area contributed by atoms with E-state index in [2.05, 4.69) is 9.71 Å². The highest BCUT2D eigenvalue weighted by Gasteiger charge is 2.16. The summed E-state index contributed by atoms with van der Waals surface area (Å²) in [4.78, 5) is 5.19. The number of aromatic nitrogens is 1. The van der Waals surface area contributed by atoms with Crippen molar-refractivity contribution in [2.24, 2.45) is 0 Å². The number of nitrogen functional groups attached to an aromatic ring is 1. The van der Waals surface area contributed by atoms with Crippen LogP contribution < -0.4 is 10.5 Å². The smallest absolute Gasteiger partial charge is 0.240 e. The van der Waals surface area contributed by atoms with Gasteiger partial charge in [-0.15, -0.1) is 11.3 Å². The quantitative estimate of drug-likeness (QED) is 0.828. The number of benzene rings is 1. The summed E-state index contributed by atoms with van der Waals surface area (Å²) in [6.45, 7) is 4.08. The van der Waals surface area contributed by atoms with Crippen molar-refractivity contribution in [3.63, 3.8) is 0 Å². The van der Waals surface area contributed by atoms with Crippen molar-refractivity contribution in [1.29, 1.82) is 0 Å². The Kier molecular flexibility index (Phi) is 4.42. The van der Waals surface area contributed by atoms with Gasteiger partial charge < -0.3 is 5.73 Å². The van der Waals surface area contributed by atoms with Gasteiger partial charge in [-0.05, 0) is 31.0 Å². The Hall–Kier alpha value is -1.44.